The molecule has 2 fully saturated rings. The summed E-state index contributed by atoms with van der Waals surface area (Å²) in [5.41, 5.74) is 2.64. The Hall–Kier alpha value is -1.37. The Morgan fingerprint density at radius 2 is 1.83 bits per heavy atom. The largest absolute Gasteiger partial charge is 0.297 e. The van der Waals surface area contributed by atoms with E-state index in [1.54, 1.807) is 12.1 Å². The second-order valence-corrected chi connectivity index (χ2v) is 7.66. The lowest BCUT2D eigenvalue weighted by Crippen LogP contribution is -2.51. The van der Waals surface area contributed by atoms with Gasteiger partial charge in [0.15, 0.2) is 0 Å². The highest BCUT2D eigenvalue weighted by Crippen LogP contribution is 2.39. The summed E-state index contributed by atoms with van der Waals surface area (Å²) in [6.07, 6.45) is 5.00. The Kier molecular flexibility index (Phi) is 4.61. The zero-order valence-electron chi connectivity index (χ0n) is 13.8. The summed E-state index contributed by atoms with van der Waals surface area (Å²) < 4.78 is 17.1. The van der Waals surface area contributed by atoms with E-state index in [1.165, 1.54) is 42.8 Å². The minimum absolute atomic E-state index is 0.153. The molecule has 4 nitrogen and oxygen atoms in total. The summed E-state index contributed by atoms with van der Waals surface area (Å²) in [5, 5.41) is 6.21. The average molecular weight is 346 g/mol. The number of likely N-dealkylation sites (tertiary alicyclic amines) is 2. The van der Waals surface area contributed by atoms with Crippen LogP contribution in [0, 0.1) is 5.82 Å². The van der Waals surface area contributed by atoms with E-state index < -0.39 is 0 Å². The summed E-state index contributed by atoms with van der Waals surface area (Å²) in [5.74, 6) is -0.153. The van der Waals surface area contributed by atoms with Crippen molar-refractivity contribution in [2.75, 3.05) is 19.6 Å². The third kappa shape index (κ3) is 3.36. The van der Waals surface area contributed by atoms with E-state index in [9.17, 15) is 4.39 Å². The van der Waals surface area contributed by atoms with Crippen molar-refractivity contribution in [2.24, 2.45) is 0 Å². The molecule has 24 heavy (non-hydrogen) atoms. The summed E-state index contributed by atoms with van der Waals surface area (Å²) in [6.45, 7) is 5.27. The van der Waals surface area contributed by atoms with Gasteiger partial charge in [0, 0.05) is 37.1 Å². The molecule has 2 aromatic rings. The Bertz CT molecular complexity index is 650. The fraction of sp³-hybridized carbons (Fsp3) is 0.556. The lowest BCUT2D eigenvalue weighted by atomic mass is 9.84. The van der Waals surface area contributed by atoms with Gasteiger partial charge in [-0.2, -0.15) is 0 Å². The summed E-state index contributed by atoms with van der Waals surface area (Å²) >= 11 is 1.43. The molecule has 0 saturated carbocycles. The third-order valence-corrected chi connectivity index (χ3v) is 6.16. The molecule has 0 unspecified atom stereocenters. The second kappa shape index (κ2) is 6.86. The summed E-state index contributed by atoms with van der Waals surface area (Å²) in [6, 6.07) is 6.99. The molecule has 2 saturated heterocycles. The van der Waals surface area contributed by atoms with E-state index in [-0.39, 0.29) is 5.82 Å². The molecule has 0 aliphatic carbocycles. The number of piperidine rings is 1. The first kappa shape index (κ1) is 16.1. The van der Waals surface area contributed by atoms with Crippen LogP contribution >= 0.6 is 11.5 Å². The minimum atomic E-state index is -0.153. The van der Waals surface area contributed by atoms with Gasteiger partial charge in [-0.05, 0) is 61.5 Å². The van der Waals surface area contributed by atoms with Crippen molar-refractivity contribution in [3.8, 4) is 0 Å². The molecule has 6 heteroatoms. The molecule has 1 aromatic heterocycles. The van der Waals surface area contributed by atoms with Crippen LogP contribution in [-0.4, -0.2) is 44.6 Å². The Morgan fingerprint density at radius 3 is 2.54 bits per heavy atom. The molecule has 4 rings (SSSR count). The number of hydrogen-bond donors (Lipinski definition) is 0. The monoisotopic (exact) mass is 346 g/mol. The molecule has 2 aliphatic rings. The van der Waals surface area contributed by atoms with Crippen LogP contribution in [0.25, 0.3) is 0 Å². The van der Waals surface area contributed by atoms with Gasteiger partial charge in [0.1, 0.15) is 5.82 Å². The highest BCUT2D eigenvalue weighted by molar-refractivity contribution is 7.03. The summed E-state index contributed by atoms with van der Waals surface area (Å²) in [4.78, 5) is 5.14. The lowest BCUT2D eigenvalue weighted by Gasteiger charge is -2.45. The van der Waals surface area contributed by atoms with Crippen LogP contribution in [0.4, 0.5) is 4.39 Å². The van der Waals surface area contributed by atoms with Gasteiger partial charge < -0.3 is 0 Å². The predicted octanol–water partition coefficient (Wildman–Crippen LogP) is 3.31. The molecule has 128 valence electrons. The molecule has 0 amide bonds. The van der Waals surface area contributed by atoms with Crippen molar-refractivity contribution < 1.29 is 4.39 Å². The highest BCUT2D eigenvalue weighted by Gasteiger charge is 2.42. The number of hydrogen-bond acceptors (Lipinski definition) is 5. The lowest BCUT2D eigenvalue weighted by molar-refractivity contribution is 0.0445. The first-order valence-electron chi connectivity index (χ1n) is 8.71. The van der Waals surface area contributed by atoms with Crippen LogP contribution in [0.15, 0.2) is 29.6 Å². The van der Waals surface area contributed by atoms with Gasteiger partial charge in [-0.3, -0.25) is 9.80 Å². The van der Waals surface area contributed by atoms with Gasteiger partial charge in [-0.15, -0.1) is 5.10 Å². The molecule has 1 aromatic carbocycles. The standard InChI is InChI=1S/C18H23FN4S/c19-16-4-2-15(3-5-16)12-23-9-1-6-18(23)7-10-22(11-8-18)13-17-14-24-21-20-17/h2-5,14H,1,6-13H2. The van der Waals surface area contributed by atoms with Crippen LogP contribution in [0.5, 0.6) is 0 Å². The number of benzene rings is 1. The Balaban J connectivity index is 1.38. The van der Waals surface area contributed by atoms with Gasteiger partial charge in [0.05, 0.1) is 5.69 Å². The zero-order chi connectivity index (χ0) is 16.4. The number of rotatable bonds is 4. The maximum Gasteiger partial charge on any atom is 0.123 e. The van der Waals surface area contributed by atoms with E-state index in [4.69, 9.17) is 0 Å². The van der Waals surface area contributed by atoms with E-state index in [1.807, 2.05) is 17.5 Å². The number of aromatic nitrogens is 2. The van der Waals surface area contributed by atoms with Crippen molar-refractivity contribution in [3.63, 3.8) is 0 Å². The molecular formula is C18H23FN4S. The van der Waals surface area contributed by atoms with Crippen LogP contribution in [0.3, 0.4) is 0 Å². The van der Waals surface area contributed by atoms with Crippen molar-refractivity contribution in [2.45, 2.75) is 44.3 Å². The van der Waals surface area contributed by atoms with E-state index in [0.717, 1.165) is 38.4 Å². The maximum absolute atomic E-state index is 13.1. The van der Waals surface area contributed by atoms with Crippen molar-refractivity contribution >= 4 is 11.5 Å². The van der Waals surface area contributed by atoms with E-state index in [0.29, 0.717) is 5.54 Å². The molecule has 0 radical (unpaired) electrons. The summed E-state index contributed by atoms with van der Waals surface area (Å²) in [7, 11) is 0. The van der Waals surface area contributed by atoms with E-state index in [2.05, 4.69) is 19.4 Å². The minimum Gasteiger partial charge on any atom is -0.297 e. The molecule has 0 atom stereocenters. The van der Waals surface area contributed by atoms with Crippen LogP contribution in [0.2, 0.25) is 0 Å². The predicted molar refractivity (Wildman–Crippen MR) is 93.2 cm³/mol. The van der Waals surface area contributed by atoms with Crippen LogP contribution in [-0.2, 0) is 13.1 Å². The first-order chi connectivity index (χ1) is 11.7. The SMILES string of the molecule is Fc1ccc(CN2CCCC23CCN(Cc2csnn2)CC3)cc1. The quantitative estimate of drug-likeness (QED) is 0.850. The fourth-order valence-electron chi connectivity index (χ4n) is 4.23. The molecule has 2 aliphatic heterocycles. The Morgan fingerprint density at radius 1 is 1.04 bits per heavy atom. The number of nitrogens with zero attached hydrogens (tertiary/aromatic N) is 4. The Labute approximate surface area is 146 Å². The second-order valence-electron chi connectivity index (χ2n) is 7.05. The fourth-order valence-corrected chi connectivity index (χ4v) is 4.67. The van der Waals surface area contributed by atoms with Crippen molar-refractivity contribution in [1.29, 1.82) is 0 Å². The van der Waals surface area contributed by atoms with Gasteiger partial charge in [0.2, 0.25) is 0 Å². The van der Waals surface area contributed by atoms with E-state index >= 15 is 0 Å². The highest BCUT2D eigenvalue weighted by atomic mass is 32.1. The van der Waals surface area contributed by atoms with Gasteiger partial charge >= 0.3 is 0 Å². The first-order valence-corrected chi connectivity index (χ1v) is 9.55. The van der Waals surface area contributed by atoms with Crippen molar-refractivity contribution in [1.82, 2.24) is 19.4 Å². The normalized spacial score (nSPS) is 21.5. The topological polar surface area (TPSA) is 32.3 Å². The number of halogens is 1. The molecule has 0 bridgehead atoms. The van der Waals surface area contributed by atoms with Crippen molar-refractivity contribution in [3.05, 3.63) is 46.7 Å². The van der Waals surface area contributed by atoms with Gasteiger partial charge in [-0.25, -0.2) is 4.39 Å². The molecule has 1 spiro atoms. The van der Waals surface area contributed by atoms with Crippen LogP contribution < -0.4 is 0 Å². The third-order valence-electron chi connectivity index (χ3n) is 5.61. The smallest absolute Gasteiger partial charge is 0.123 e. The van der Waals surface area contributed by atoms with Crippen LogP contribution in [0.1, 0.15) is 36.9 Å². The molecule has 3 heterocycles. The van der Waals surface area contributed by atoms with Gasteiger partial charge in [-0.1, -0.05) is 16.6 Å². The maximum atomic E-state index is 13.1. The van der Waals surface area contributed by atoms with Gasteiger partial charge in [0.25, 0.3) is 0 Å². The average Bonchev–Trinajstić information content (AvgIpc) is 3.23. The molecule has 0 N–H and O–H groups in total. The molecular weight excluding hydrogens is 323 g/mol. The zero-order valence-corrected chi connectivity index (χ0v) is 14.6.